The number of nitrogens with zero attached hydrogens (tertiary/aromatic N) is 1. The molecule has 2 amide bonds. The van der Waals surface area contributed by atoms with E-state index in [9.17, 15) is 18.6 Å². The van der Waals surface area contributed by atoms with Gasteiger partial charge in [-0.1, -0.05) is 65.1 Å². The predicted octanol–water partition coefficient (Wildman–Crippen LogP) is 1.71. The zero-order chi connectivity index (χ0) is 21.6. The number of benzene rings is 1. The van der Waals surface area contributed by atoms with Crippen LogP contribution in [-0.4, -0.2) is 59.5 Å². The summed E-state index contributed by atoms with van der Waals surface area (Å²) in [5.41, 5.74) is 0.787. The number of halogens is 3. The van der Waals surface area contributed by atoms with Crippen LogP contribution in [0, 0.1) is 0 Å². The Hall–Kier alpha value is -1.35. The number of hydrogen-bond donors (Lipinski definition) is 1. The van der Waals surface area contributed by atoms with Crippen molar-refractivity contribution >= 4 is 63.4 Å². The number of fused-ring (bicyclic) bond motifs is 1. The second kappa shape index (κ2) is 8.06. The highest BCUT2D eigenvalue weighted by atomic mass is 35.6. The molecule has 2 aliphatic heterocycles. The second-order valence-corrected chi connectivity index (χ2v) is 12.0. The monoisotopic (exact) mass is 480 g/mol. The quantitative estimate of drug-likeness (QED) is 0.393. The molecule has 2 heterocycles. The number of hydrogen-bond acceptors (Lipinski definition) is 5. The minimum atomic E-state index is -1.80. The smallest absolute Gasteiger partial charge is 0.330 e. The van der Waals surface area contributed by atoms with Crippen molar-refractivity contribution in [1.82, 2.24) is 10.2 Å². The Labute approximate surface area is 185 Å². The van der Waals surface area contributed by atoms with Crippen molar-refractivity contribution in [3.05, 3.63) is 35.9 Å². The highest BCUT2D eigenvalue weighted by Crippen LogP contribution is 2.44. The van der Waals surface area contributed by atoms with Gasteiger partial charge in [0.15, 0.2) is 0 Å². The maximum atomic E-state index is 13.0. The third kappa shape index (κ3) is 4.40. The first-order valence-electron chi connectivity index (χ1n) is 8.73. The molecule has 0 unspecified atom stereocenters. The number of esters is 1. The Balaban J connectivity index is 1.71. The molecule has 0 bridgehead atoms. The van der Waals surface area contributed by atoms with Crippen LogP contribution in [0.2, 0.25) is 0 Å². The van der Waals surface area contributed by atoms with Gasteiger partial charge in [-0.3, -0.25) is 13.8 Å². The first kappa shape index (κ1) is 22.3. The van der Waals surface area contributed by atoms with Gasteiger partial charge in [0.25, 0.3) is 0 Å². The summed E-state index contributed by atoms with van der Waals surface area (Å²) < 4.78 is 15.1. The van der Waals surface area contributed by atoms with E-state index in [1.54, 1.807) is 38.1 Å². The average molecular weight is 482 g/mol. The third-order valence-corrected chi connectivity index (χ3v) is 7.41. The average Bonchev–Trinajstić information content (AvgIpc) is 2.82. The lowest BCUT2D eigenvalue weighted by atomic mass is 9.96. The number of rotatable bonds is 5. The molecule has 1 aromatic carbocycles. The molecular formula is C18H19Cl3N2O5S. The van der Waals surface area contributed by atoms with E-state index in [4.69, 9.17) is 39.5 Å². The highest BCUT2D eigenvalue weighted by molar-refractivity contribution is 7.87. The molecule has 158 valence electrons. The van der Waals surface area contributed by atoms with Gasteiger partial charge in [-0.05, 0) is 19.4 Å². The van der Waals surface area contributed by atoms with E-state index in [-0.39, 0.29) is 12.3 Å². The normalized spacial score (nSPS) is 27.8. The standard InChI is InChI=1S/C18H19Cl3N2O5S/c1-17(2)13(16(26)28-9-18(19,20)21)23-14(25)12(15(23)29(17)27)22-11(24)8-10-6-4-3-5-7-10/h3-7,12-13,15H,8-9H2,1-2H3,(H,22,24)/t12-,13-,15+,29+/m1/s1. The van der Waals surface area contributed by atoms with E-state index in [1.807, 2.05) is 6.07 Å². The molecule has 1 aromatic rings. The van der Waals surface area contributed by atoms with Gasteiger partial charge in [0.05, 0.1) is 22.0 Å². The largest absolute Gasteiger partial charge is 0.460 e. The van der Waals surface area contributed by atoms with E-state index >= 15 is 0 Å². The van der Waals surface area contributed by atoms with E-state index in [0.29, 0.717) is 0 Å². The van der Waals surface area contributed by atoms with Gasteiger partial charge in [-0.25, -0.2) is 4.79 Å². The van der Waals surface area contributed by atoms with Crippen LogP contribution >= 0.6 is 34.8 Å². The van der Waals surface area contributed by atoms with Gasteiger partial charge in [-0.2, -0.15) is 0 Å². The fourth-order valence-electron chi connectivity index (χ4n) is 3.51. The third-order valence-electron chi connectivity index (χ3n) is 4.88. The van der Waals surface area contributed by atoms with Crippen LogP contribution in [0.25, 0.3) is 0 Å². The van der Waals surface area contributed by atoms with E-state index in [1.165, 1.54) is 4.90 Å². The van der Waals surface area contributed by atoms with Crippen LogP contribution < -0.4 is 5.32 Å². The van der Waals surface area contributed by atoms with Crippen LogP contribution in [0.1, 0.15) is 19.4 Å². The Morgan fingerprint density at radius 3 is 2.45 bits per heavy atom. The number of amides is 2. The van der Waals surface area contributed by atoms with Crippen molar-refractivity contribution in [1.29, 1.82) is 0 Å². The molecule has 0 radical (unpaired) electrons. The number of ether oxygens (including phenoxy) is 1. The van der Waals surface area contributed by atoms with Crippen LogP contribution in [0.15, 0.2) is 30.3 Å². The number of β-lactam (4-membered cyclic amide) rings is 1. The number of carbonyl (C=O) groups excluding carboxylic acids is 3. The van der Waals surface area contributed by atoms with Gasteiger partial charge in [0.2, 0.25) is 15.6 Å². The minimum Gasteiger partial charge on any atom is -0.460 e. The molecule has 2 saturated heterocycles. The minimum absolute atomic E-state index is 0.0854. The molecule has 29 heavy (non-hydrogen) atoms. The summed E-state index contributed by atoms with van der Waals surface area (Å²) in [7, 11) is -1.62. The van der Waals surface area contributed by atoms with Gasteiger partial charge in [0.1, 0.15) is 24.1 Å². The molecule has 3 rings (SSSR count). The molecule has 1 N–H and O–H groups in total. The van der Waals surface area contributed by atoms with Crippen molar-refractivity contribution in [2.45, 2.75) is 46.3 Å². The molecular weight excluding hydrogens is 463 g/mol. The van der Waals surface area contributed by atoms with Crippen LogP contribution in [0.3, 0.4) is 0 Å². The molecule has 2 fully saturated rings. The SMILES string of the molecule is CC1(C)[C@@H](C(=O)OCC(Cl)(Cl)Cl)N2C(=O)[C@@H](NC(=O)Cc3ccccc3)[C@@H]2[S@@]1=O. The number of alkyl halides is 3. The van der Waals surface area contributed by atoms with E-state index < -0.39 is 55.3 Å². The molecule has 0 aromatic heterocycles. The van der Waals surface area contributed by atoms with Crippen molar-refractivity contribution < 1.29 is 23.3 Å². The maximum Gasteiger partial charge on any atom is 0.330 e. The fraction of sp³-hybridized carbons (Fsp3) is 0.500. The Morgan fingerprint density at radius 2 is 1.86 bits per heavy atom. The van der Waals surface area contributed by atoms with Gasteiger partial charge in [-0.15, -0.1) is 0 Å². The van der Waals surface area contributed by atoms with Gasteiger partial charge >= 0.3 is 5.97 Å². The van der Waals surface area contributed by atoms with Crippen LogP contribution in [-0.2, 0) is 36.3 Å². The number of carbonyl (C=O) groups is 3. The summed E-state index contributed by atoms with van der Waals surface area (Å²) in [6.07, 6.45) is 0.0854. The topological polar surface area (TPSA) is 92.8 Å². The lowest BCUT2D eigenvalue weighted by Crippen LogP contribution is -2.71. The lowest BCUT2D eigenvalue weighted by Gasteiger charge is -2.43. The molecule has 0 saturated carbocycles. The molecule has 4 atom stereocenters. The first-order chi connectivity index (χ1) is 13.4. The summed E-state index contributed by atoms with van der Waals surface area (Å²) in [4.78, 5) is 38.7. The first-order valence-corrected chi connectivity index (χ1v) is 11.1. The lowest BCUT2D eigenvalue weighted by molar-refractivity contribution is -0.164. The predicted molar refractivity (Wildman–Crippen MR) is 110 cm³/mol. The maximum absolute atomic E-state index is 13.0. The molecule has 11 heteroatoms. The summed E-state index contributed by atoms with van der Waals surface area (Å²) >= 11 is 16.8. The van der Waals surface area contributed by atoms with E-state index in [0.717, 1.165) is 5.56 Å². The van der Waals surface area contributed by atoms with Crippen molar-refractivity contribution in [2.24, 2.45) is 0 Å². The van der Waals surface area contributed by atoms with Crippen molar-refractivity contribution in [3.8, 4) is 0 Å². The van der Waals surface area contributed by atoms with E-state index in [2.05, 4.69) is 5.32 Å². The summed E-state index contributed by atoms with van der Waals surface area (Å²) in [6.45, 7) is 2.69. The summed E-state index contributed by atoms with van der Waals surface area (Å²) in [5, 5.41) is 1.81. The van der Waals surface area contributed by atoms with Crippen LogP contribution in [0.4, 0.5) is 0 Å². The Morgan fingerprint density at radius 1 is 1.24 bits per heavy atom. The van der Waals surface area contributed by atoms with Gasteiger partial charge < -0.3 is 15.0 Å². The second-order valence-electron chi connectivity index (χ2n) is 7.37. The summed E-state index contributed by atoms with van der Waals surface area (Å²) in [5.74, 6) is -1.67. The van der Waals surface area contributed by atoms with Gasteiger partial charge in [0, 0.05) is 0 Å². The number of nitrogens with one attached hydrogen (secondary N) is 1. The zero-order valence-electron chi connectivity index (χ0n) is 15.6. The zero-order valence-corrected chi connectivity index (χ0v) is 18.6. The molecule has 7 nitrogen and oxygen atoms in total. The van der Waals surface area contributed by atoms with Crippen molar-refractivity contribution in [2.75, 3.05) is 6.61 Å². The van der Waals surface area contributed by atoms with Crippen molar-refractivity contribution in [3.63, 3.8) is 0 Å². The fourth-order valence-corrected chi connectivity index (χ4v) is 5.59. The van der Waals surface area contributed by atoms with Crippen LogP contribution in [0.5, 0.6) is 0 Å². The molecule has 0 spiro atoms. The Kier molecular flexibility index (Phi) is 6.21. The Bertz CT molecular complexity index is 859. The highest BCUT2D eigenvalue weighted by Gasteiger charge is 2.68. The summed E-state index contributed by atoms with van der Waals surface area (Å²) in [6, 6.07) is 6.97. The molecule has 0 aliphatic carbocycles. The molecule has 2 aliphatic rings.